The molecule has 1 atom stereocenters. The van der Waals surface area contributed by atoms with Gasteiger partial charge in [-0.05, 0) is 32.1 Å². The van der Waals surface area contributed by atoms with E-state index in [-0.39, 0.29) is 18.7 Å². The molecule has 1 aromatic carbocycles. The molecule has 0 spiro atoms. The maximum absolute atomic E-state index is 12.2. The monoisotopic (exact) mass is 347 g/mol. The lowest BCUT2D eigenvalue weighted by Crippen LogP contribution is -2.54. The summed E-state index contributed by atoms with van der Waals surface area (Å²) in [6.07, 6.45) is 0.306. The van der Waals surface area contributed by atoms with Crippen molar-refractivity contribution in [2.24, 2.45) is 0 Å². The molecular weight excluding hydrogens is 322 g/mol. The summed E-state index contributed by atoms with van der Waals surface area (Å²) in [5.74, 6) is -1.92. The first-order valence-electron chi connectivity index (χ1n) is 8.46. The number of carbonyl (C=O) groups excluding carboxylic acids is 4. The van der Waals surface area contributed by atoms with Crippen molar-refractivity contribution in [3.8, 4) is 0 Å². The molecule has 136 valence electrons. The van der Waals surface area contributed by atoms with Crippen LogP contribution in [0, 0.1) is 0 Å². The van der Waals surface area contributed by atoms with E-state index in [1.165, 1.54) is 0 Å². The van der Waals surface area contributed by atoms with Gasteiger partial charge in [-0.25, -0.2) is 0 Å². The summed E-state index contributed by atoms with van der Waals surface area (Å²) >= 11 is 0. The zero-order valence-corrected chi connectivity index (χ0v) is 15.1. The van der Waals surface area contributed by atoms with Crippen molar-refractivity contribution >= 4 is 23.6 Å². The Balaban J connectivity index is 0.000000461. The molecule has 2 heterocycles. The van der Waals surface area contributed by atoms with Crippen LogP contribution >= 0.6 is 0 Å². The molecule has 1 aromatic rings. The first kappa shape index (κ1) is 20.5. The first-order valence-corrected chi connectivity index (χ1v) is 8.46. The third-order valence-electron chi connectivity index (χ3n) is 3.70. The van der Waals surface area contributed by atoms with E-state index in [0.717, 1.165) is 11.4 Å². The molecule has 4 amide bonds. The minimum atomic E-state index is -0.898. The van der Waals surface area contributed by atoms with Crippen molar-refractivity contribution in [2.75, 3.05) is 13.6 Å². The number of hydrogen-bond donors (Lipinski definition) is 2. The number of benzene rings is 1. The molecule has 0 aliphatic carbocycles. The number of rotatable bonds is 2. The normalized spacial score (nSPS) is 18.6. The second-order valence-corrected chi connectivity index (χ2v) is 5.20. The van der Waals surface area contributed by atoms with Gasteiger partial charge in [0.1, 0.15) is 6.04 Å². The molecule has 1 fully saturated rings. The fourth-order valence-electron chi connectivity index (χ4n) is 2.42. The number of imide groups is 2. The Morgan fingerprint density at radius 1 is 1.08 bits per heavy atom. The molecule has 25 heavy (non-hydrogen) atoms. The number of carbonyl (C=O) groups is 4. The van der Waals surface area contributed by atoms with Crippen molar-refractivity contribution in [2.45, 2.75) is 39.7 Å². The Morgan fingerprint density at radius 3 is 1.96 bits per heavy atom. The Kier molecular flexibility index (Phi) is 7.94. The predicted molar refractivity (Wildman–Crippen MR) is 94.1 cm³/mol. The van der Waals surface area contributed by atoms with Gasteiger partial charge in [0.25, 0.3) is 11.8 Å². The molecule has 0 radical (unpaired) electrons. The van der Waals surface area contributed by atoms with Crippen molar-refractivity contribution in [3.63, 3.8) is 0 Å². The van der Waals surface area contributed by atoms with Gasteiger partial charge in [-0.15, -0.1) is 0 Å². The number of nitrogens with one attached hydrogen (secondary N) is 2. The second-order valence-electron chi connectivity index (χ2n) is 5.20. The molecule has 2 N–H and O–H groups in total. The Morgan fingerprint density at radius 2 is 1.56 bits per heavy atom. The van der Waals surface area contributed by atoms with Crippen LogP contribution in [-0.4, -0.2) is 48.2 Å². The van der Waals surface area contributed by atoms with Gasteiger partial charge < -0.3 is 5.32 Å². The van der Waals surface area contributed by atoms with Gasteiger partial charge in [0.05, 0.1) is 11.1 Å². The Labute approximate surface area is 147 Å². The SMILES string of the molecule is CC.CCNC.O=C1CCC(N2C(=O)c3ccccc3C2=O)C(=O)N1. The summed E-state index contributed by atoms with van der Waals surface area (Å²) in [5.41, 5.74) is 0.606. The van der Waals surface area contributed by atoms with E-state index < -0.39 is 23.8 Å². The molecule has 7 heteroatoms. The molecule has 2 aliphatic heterocycles. The second kappa shape index (κ2) is 9.68. The van der Waals surface area contributed by atoms with Gasteiger partial charge in [0.15, 0.2) is 0 Å². The third kappa shape index (κ3) is 4.51. The summed E-state index contributed by atoms with van der Waals surface area (Å²) < 4.78 is 0. The molecule has 2 aliphatic rings. The van der Waals surface area contributed by atoms with Crippen LogP contribution in [0.1, 0.15) is 54.3 Å². The van der Waals surface area contributed by atoms with Gasteiger partial charge >= 0.3 is 0 Å². The van der Waals surface area contributed by atoms with Gasteiger partial charge in [0.2, 0.25) is 11.8 Å². The molecule has 0 saturated carbocycles. The number of hydrogen-bond acceptors (Lipinski definition) is 5. The van der Waals surface area contributed by atoms with E-state index >= 15 is 0 Å². The highest BCUT2D eigenvalue weighted by Gasteiger charge is 2.44. The number of piperidine rings is 1. The Bertz CT molecular complexity index is 620. The van der Waals surface area contributed by atoms with Crippen molar-refractivity contribution in [1.29, 1.82) is 0 Å². The van der Waals surface area contributed by atoms with E-state index in [1.807, 2.05) is 20.9 Å². The van der Waals surface area contributed by atoms with E-state index in [2.05, 4.69) is 17.6 Å². The number of nitrogens with zero attached hydrogens (tertiary/aromatic N) is 1. The summed E-state index contributed by atoms with van der Waals surface area (Å²) in [6.45, 7) is 7.14. The van der Waals surface area contributed by atoms with E-state index in [1.54, 1.807) is 24.3 Å². The third-order valence-corrected chi connectivity index (χ3v) is 3.70. The fraction of sp³-hybridized carbons (Fsp3) is 0.444. The zero-order chi connectivity index (χ0) is 19.0. The molecular formula is C18H25N3O4. The molecule has 1 saturated heterocycles. The van der Waals surface area contributed by atoms with Crippen LogP contribution in [0.4, 0.5) is 0 Å². The molecule has 7 nitrogen and oxygen atoms in total. The Hall–Kier alpha value is -2.54. The largest absolute Gasteiger partial charge is 0.320 e. The highest BCUT2D eigenvalue weighted by molar-refractivity contribution is 6.23. The van der Waals surface area contributed by atoms with Crippen LogP contribution in [0.25, 0.3) is 0 Å². The molecule has 3 rings (SSSR count). The lowest BCUT2D eigenvalue weighted by atomic mass is 10.0. The molecule has 0 bridgehead atoms. The minimum absolute atomic E-state index is 0.129. The average Bonchev–Trinajstić information content (AvgIpc) is 2.89. The van der Waals surface area contributed by atoms with Crippen LogP contribution in [0.5, 0.6) is 0 Å². The highest BCUT2D eigenvalue weighted by atomic mass is 16.2. The quantitative estimate of drug-likeness (QED) is 0.787. The zero-order valence-electron chi connectivity index (χ0n) is 15.1. The summed E-state index contributed by atoms with van der Waals surface area (Å²) in [4.78, 5) is 48.1. The van der Waals surface area contributed by atoms with Gasteiger partial charge in [0, 0.05) is 6.42 Å². The minimum Gasteiger partial charge on any atom is -0.320 e. The van der Waals surface area contributed by atoms with Crippen molar-refractivity contribution < 1.29 is 19.2 Å². The lowest BCUT2D eigenvalue weighted by molar-refractivity contribution is -0.136. The topological polar surface area (TPSA) is 95.6 Å². The maximum Gasteiger partial charge on any atom is 0.262 e. The summed E-state index contributed by atoms with van der Waals surface area (Å²) in [6, 6.07) is 5.55. The van der Waals surface area contributed by atoms with E-state index in [9.17, 15) is 19.2 Å². The van der Waals surface area contributed by atoms with Gasteiger partial charge in [-0.2, -0.15) is 0 Å². The average molecular weight is 347 g/mol. The summed E-state index contributed by atoms with van der Waals surface area (Å²) in [7, 11) is 1.93. The van der Waals surface area contributed by atoms with Crippen LogP contribution < -0.4 is 10.6 Å². The van der Waals surface area contributed by atoms with Crippen LogP contribution in [-0.2, 0) is 9.59 Å². The van der Waals surface area contributed by atoms with E-state index in [4.69, 9.17) is 0 Å². The maximum atomic E-state index is 12.2. The lowest BCUT2D eigenvalue weighted by Gasteiger charge is -2.27. The molecule has 0 aromatic heterocycles. The number of amides is 4. The van der Waals surface area contributed by atoms with Crippen molar-refractivity contribution in [3.05, 3.63) is 35.4 Å². The van der Waals surface area contributed by atoms with E-state index in [0.29, 0.717) is 11.1 Å². The van der Waals surface area contributed by atoms with Crippen LogP contribution in [0.2, 0.25) is 0 Å². The van der Waals surface area contributed by atoms with Gasteiger partial charge in [-0.3, -0.25) is 29.4 Å². The number of fused-ring (bicyclic) bond motifs is 1. The van der Waals surface area contributed by atoms with Crippen LogP contribution in [0.3, 0.4) is 0 Å². The first-order chi connectivity index (χ1) is 12.0. The standard InChI is InChI=1S/C13H10N2O4.C3H9N.C2H6/c16-10-6-5-9(11(17)14-10)15-12(18)7-3-1-2-4-8(7)13(15)19;1-3-4-2;1-2/h1-4,9H,5-6H2,(H,14,16,17);4H,3H2,1-2H3;1-2H3. The molecule has 1 unspecified atom stereocenters. The van der Waals surface area contributed by atoms with Gasteiger partial charge in [-0.1, -0.05) is 32.9 Å². The van der Waals surface area contributed by atoms with Crippen LogP contribution in [0.15, 0.2) is 24.3 Å². The predicted octanol–water partition coefficient (Wildman–Crippen LogP) is 1.34. The smallest absolute Gasteiger partial charge is 0.262 e. The summed E-state index contributed by atoms with van der Waals surface area (Å²) in [5, 5.41) is 5.08. The highest BCUT2D eigenvalue weighted by Crippen LogP contribution is 2.26. The van der Waals surface area contributed by atoms with Crippen molar-refractivity contribution in [1.82, 2.24) is 15.5 Å². The fourth-order valence-corrected chi connectivity index (χ4v) is 2.42.